The predicted octanol–water partition coefficient (Wildman–Crippen LogP) is 3.17. The Morgan fingerprint density at radius 3 is 2.42 bits per heavy atom. The molecule has 166 valence electrons. The summed E-state index contributed by atoms with van der Waals surface area (Å²) in [6, 6.07) is 6.95. The SMILES string of the molecule is Cc1c[nH]c(=O)n1-c1ccccc1NC(=O)NC1CCN(C(=O)C2CCCCC2)CC1. The molecule has 1 aromatic heterocycles. The van der Waals surface area contributed by atoms with Crippen molar-refractivity contribution in [3.05, 3.63) is 46.6 Å². The van der Waals surface area contributed by atoms with Gasteiger partial charge in [-0.25, -0.2) is 9.59 Å². The first-order valence-electron chi connectivity index (χ1n) is 11.3. The minimum absolute atomic E-state index is 0.0271. The smallest absolute Gasteiger partial charge is 0.330 e. The Labute approximate surface area is 182 Å². The van der Waals surface area contributed by atoms with Crippen LogP contribution in [0.1, 0.15) is 50.6 Å². The van der Waals surface area contributed by atoms with E-state index in [0.717, 1.165) is 44.2 Å². The number of hydrogen-bond acceptors (Lipinski definition) is 3. The van der Waals surface area contributed by atoms with Gasteiger partial charge in [0, 0.05) is 36.9 Å². The fourth-order valence-electron chi connectivity index (χ4n) is 4.72. The molecule has 8 heteroatoms. The molecule has 1 saturated heterocycles. The van der Waals surface area contributed by atoms with Crippen LogP contribution in [0.4, 0.5) is 10.5 Å². The van der Waals surface area contributed by atoms with Gasteiger partial charge in [-0.1, -0.05) is 31.4 Å². The highest BCUT2D eigenvalue weighted by Gasteiger charge is 2.29. The summed E-state index contributed by atoms with van der Waals surface area (Å²) in [5, 5.41) is 5.91. The highest BCUT2D eigenvalue weighted by Crippen LogP contribution is 2.26. The van der Waals surface area contributed by atoms with Crippen molar-refractivity contribution < 1.29 is 9.59 Å². The number of para-hydroxylation sites is 2. The summed E-state index contributed by atoms with van der Waals surface area (Å²) in [6.07, 6.45) is 8.74. The van der Waals surface area contributed by atoms with Crippen molar-refractivity contribution in [1.29, 1.82) is 0 Å². The molecular formula is C23H31N5O3. The van der Waals surface area contributed by atoms with Crippen LogP contribution in [0, 0.1) is 12.8 Å². The van der Waals surface area contributed by atoms with E-state index >= 15 is 0 Å². The molecule has 2 heterocycles. The zero-order chi connectivity index (χ0) is 21.8. The molecule has 1 saturated carbocycles. The summed E-state index contributed by atoms with van der Waals surface area (Å²) >= 11 is 0. The second-order valence-corrected chi connectivity index (χ2v) is 8.62. The van der Waals surface area contributed by atoms with Gasteiger partial charge in [0.1, 0.15) is 0 Å². The molecule has 4 rings (SSSR count). The molecule has 1 aromatic carbocycles. The fraction of sp³-hybridized carbons (Fsp3) is 0.522. The quantitative estimate of drug-likeness (QED) is 0.702. The van der Waals surface area contributed by atoms with Crippen LogP contribution in [0.25, 0.3) is 5.69 Å². The van der Waals surface area contributed by atoms with E-state index in [1.54, 1.807) is 18.3 Å². The standard InChI is InChI=1S/C23H31N5O3/c1-16-15-24-23(31)28(16)20-10-6-5-9-19(20)26-22(30)25-18-11-13-27(14-12-18)21(29)17-7-3-2-4-8-17/h5-6,9-10,15,17-18H,2-4,7-8,11-14H2,1H3,(H,24,31)(H2,25,26,30). The Bertz CT molecular complexity index is 981. The Balaban J connectivity index is 1.33. The van der Waals surface area contributed by atoms with E-state index < -0.39 is 0 Å². The lowest BCUT2D eigenvalue weighted by molar-refractivity contribution is -0.137. The predicted molar refractivity (Wildman–Crippen MR) is 119 cm³/mol. The van der Waals surface area contributed by atoms with E-state index in [-0.39, 0.29) is 23.7 Å². The van der Waals surface area contributed by atoms with Crippen molar-refractivity contribution in [2.45, 2.75) is 57.9 Å². The summed E-state index contributed by atoms with van der Waals surface area (Å²) in [6.45, 7) is 3.21. The molecule has 2 aliphatic rings. The maximum absolute atomic E-state index is 12.7. The summed E-state index contributed by atoms with van der Waals surface area (Å²) in [5.74, 6) is 0.488. The summed E-state index contributed by atoms with van der Waals surface area (Å²) < 4.78 is 1.53. The van der Waals surface area contributed by atoms with Gasteiger partial charge in [0.05, 0.1) is 11.4 Å². The number of imidazole rings is 1. The maximum Gasteiger partial charge on any atom is 0.330 e. The van der Waals surface area contributed by atoms with E-state index in [1.165, 1.54) is 11.0 Å². The number of likely N-dealkylation sites (tertiary alicyclic amines) is 1. The topological polar surface area (TPSA) is 99.2 Å². The molecule has 3 amide bonds. The largest absolute Gasteiger partial charge is 0.342 e. The third kappa shape index (κ3) is 4.84. The number of hydrogen-bond donors (Lipinski definition) is 3. The Morgan fingerprint density at radius 1 is 1.03 bits per heavy atom. The molecule has 1 aliphatic heterocycles. The van der Waals surface area contributed by atoms with Gasteiger partial charge in [-0.15, -0.1) is 0 Å². The fourth-order valence-corrected chi connectivity index (χ4v) is 4.72. The van der Waals surface area contributed by atoms with E-state index in [1.807, 2.05) is 24.0 Å². The first kappa shape index (κ1) is 21.2. The Kier molecular flexibility index (Phi) is 6.44. The number of amides is 3. The number of aromatic amines is 1. The number of carbonyl (C=O) groups excluding carboxylic acids is 2. The zero-order valence-corrected chi connectivity index (χ0v) is 18.0. The van der Waals surface area contributed by atoms with Crippen molar-refractivity contribution in [2.75, 3.05) is 18.4 Å². The molecule has 0 bridgehead atoms. The van der Waals surface area contributed by atoms with Gasteiger partial charge in [0.2, 0.25) is 5.91 Å². The van der Waals surface area contributed by atoms with Crippen molar-refractivity contribution >= 4 is 17.6 Å². The molecule has 0 spiro atoms. The van der Waals surface area contributed by atoms with Crippen LogP contribution in [-0.4, -0.2) is 45.5 Å². The van der Waals surface area contributed by atoms with Gasteiger partial charge in [0.15, 0.2) is 0 Å². The minimum atomic E-state index is -0.300. The van der Waals surface area contributed by atoms with Gasteiger partial charge in [-0.05, 0) is 44.7 Å². The Morgan fingerprint density at radius 2 is 1.74 bits per heavy atom. The normalized spacial score (nSPS) is 18.0. The molecule has 0 unspecified atom stereocenters. The van der Waals surface area contributed by atoms with Crippen molar-refractivity contribution in [1.82, 2.24) is 19.8 Å². The number of rotatable bonds is 4. The van der Waals surface area contributed by atoms with Crippen molar-refractivity contribution in [3.8, 4) is 5.69 Å². The molecule has 0 atom stereocenters. The number of anilines is 1. The number of carbonyl (C=O) groups is 2. The molecular weight excluding hydrogens is 394 g/mol. The third-order valence-electron chi connectivity index (χ3n) is 6.45. The van der Waals surface area contributed by atoms with Gasteiger partial charge in [-0.3, -0.25) is 9.36 Å². The van der Waals surface area contributed by atoms with Gasteiger partial charge >= 0.3 is 11.7 Å². The number of aryl methyl sites for hydroxylation is 1. The van der Waals surface area contributed by atoms with Crippen LogP contribution >= 0.6 is 0 Å². The number of piperidine rings is 1. The van der Waals surface area contributed by atoms with Crippen LogP contribution in [-0.2, 0) is 4.79 Å². The first-order valence-corrected chi connectivity index (χ1v) is 11.3. The number of benzene rings is 1. The average molecular weight is 426 g/mol. The van der Waals surface area contributed by atoms with E-state index in [9.17, 15) is 14.4 Å². The Hall–Kier alpha value is -3.03. The first-order chi connectivity index (χ1) is 15.0. The minimum Gasteiger partial charge on any atom is -0.342 e. The van der Waals surface area contributed by atoms with Gasteiger partial charge < -0.3 is 20.5 Å². The molecule has 1 aliphatic carbocycles. The third-order valence-corrected chi connectivity index (χ3v) is 6.45. The average Bonchev–Trinajstić information content (AvgIpc) is 3.12. The highest BCUT2D eigenvalue weighted by atomic mass is 16.2. The number of nitrogens with zero attached hydrogens (tertiary/aromatic N) is 2. The number of nitrogens with one attached hydrogen (secondary N) is 3. The highest BCUT2D eigenvalue weighted by molar-refractivity contribution is 5.91. The van der Waals surface area contributed by atoms with Crippen LogP contribution in [0.15, 0.2) is 35.3 Å². The second-order valence-electron chi connectivity index (χ2n) is 8.62. The lowest BCUT2D eigenvalue weighted by atomic mass is 9.87. The van der Waals surface area contributed by atoms with Crippen LogP contribution in [0.2, 0.25) is 0 Å². The maximum atomic E-state index is 12.7. The summed E-state index contributed by atoms with van der Waals surface area (Å²) in [5.41, 5.74) is 1.70. The molecule has 2 aromatic rings. The second kappa shape index (κ2) is 9.41. The van der Waals surface area contributed by atoms with Crippen LogP contribution in [0.5, 0.6) is 0 Å². The molecule has 0 radical (unpaired) electrons. The molecule has 2 fully saturated rings. The number of aromatic nitrogens is 2. The lowest BCUT2D eigenvalue weighted by Crippen LogP contribution is -2.49. The van der Waals surface area contributed by atoms with E-state index in [2.05, 4.69) is 15.6 Å². The molecule has 3 N–H and O–H groups in total. The van der Waals surface area contributed by atoms with E-state index in [0.29, 0.717) is 30.4 Å². The van der Waals surface area contributed by atoms with Gasteiger partial charge in [0.25, 0.3) is 0 Å². The molecule has 8 nitrogen and oxygen atoms in total. The number of urea groups is 1. The van der Waals surface area contributed by atoms with Crippen molar-refractivity contribution in [3.63, 3.8) is 0 Å². The summed E-state index contributed by atoms with van der Waals surface area (Å²) in [7, 11) is 0. The van der Waals surface area contributed by atoms with Crippen LogP contribution < -0.4 is 16.3 Å². The van der Waals surface area contributed by atoms with Crippen LogP contribution in [0.3, 0.4) is 0 Å². The monoisotopic (exact) mass is 425 g/mol. The zero-order valence-electron chi connectivity index (χ0n) is 18.0. The molecule has 31 heavy (non-hydrogen) atoms. The lowest BCUT2D eigenvalue weighted by Gasteiger charge is -2.35. The summed E-state index contributed by atoms with van der Waals surface area (Å²) in [4.78, 5) is 42.1. The van der Waals surface area contributed by atoms with Gasteiger partial charge in [-0.2, -0.15) is 0 Å². The van der Waals surface area contributed by atoms with Crippen molar-refractivity contribution in [2.24, 2.45) is 5.92 Å². The van der Waals surface area contributed by atoms with E-state index in [4.69, 9.17) is 0 Å². The number of H-pyrrole nitrogens is 1.